The van der Waals surface area contributed by atoms with Crippen molar-refractivity contribution in [2.75, 3.05) is 0 Å². The lowest BCUT2D eigenvalue weighted by Crippen LogP contribution is -2.27. The first-order valence-electron chi connectivity index (χ1n) is 6.89. The van der Waals surface area contributed by atoms with E-state index < -0.39 is 0 Å². The van der Waals surface area contributed by atoms with Gasteiger partial charge in [0.15, 0.2) is 0 Å². The molecular formula is C17H10BrCl2NO2S. The lowest BCUT2D eigenvalue weighted by atomic mass is 10.2. The first-order chi connectivity index (χ1) is 11.4. The number of amides is 2. The molecule has 2 amide bonds. The highest BCUT2D eigenvalue weighted by atomic mass is 79.9. The minimum absolute atomic E-state index is 0.166. The van der Waals surface area contributed by atoms with Gasteiger partial charge in [-0.1, -0.05) is 57.3 Å². The van der Waals surface area contributed by atoms with Crippen LogP contribution in [0.1, 0.15) is 11.1 Å². The van der Waals surface area contributed by atoms with E-state index in [4.69, 9.17) is 23.2 Å². The van der Waals surface area contributed by atoms with E-state index in [0.29, 0.717) is 15.0 Å². The smallest absolute Gasteiger partial charge is 0.268 e. The van der Waals surface area contributed by atoms with Crippen molar-refractivity contribution in [2.45, 2.75) is 6.54 Å². The van der Waals surface area contributed by atoms with E-state index in [1.807, 2.05) is 24.3 Å². The molecule has 1 aliphatic heterocycles. The number of benzene rings is 2. The van der Waals surface area contributed by atoms with Crippen LogP contribution in [-0.4, -0.2) is 16.0 Å². The maximum absolute atomic E-state index is 12.5. The summed E-state index contributed by atoms with van der Waals surface area (Å²) in [6.07, 6.45) is 1.71. The van der Waals surface area contributed by atoms with Crippen molar-refractivity contribution in [1.82, 2.24) is 4.90 Å². The van der Waals surface area contributed by atoms with Gasteiger partial charge in [0, 0.05) is 4.47 Å². The molecule has 0 bridgehead atoms. The molecule has 0 radical (unpaired) electrons. The van der Waals surface area contributed by atoms with Crippen molar-refractivity contribution in [2.24, 2.45) is 0 Å². The van der Waals surface area contributed by atoms with Crippen LogP contribution in [0.2, 0.25) is 10.0 Å². The molecule has 0 saturated carbocycles. The van der Waals surface area contributed by atoms with Crippen LogP contribution < -0.4 is 0 Å². The number of rotatable bonds is 3. The maximum atomic E-state index is 12.5. The SMILES string of the molecule is O=C1S/C(=C\c2ccc(Br)cc2)C(=O)N1Cc1ccc(Cl)c(Cl)c1. The molecule has 0 aromatic heterocycles. The Bertz CT molecular complexity index is 852. The maximum Gasteiger partial charge on any atom is 0.293 e. The van der Waals surface area contributed by atoms with Crippen molar-refractivity contribution < 1.29 is 9.59 Å². The number of nitrogens with zero attached hydrogens (tertiary/aromatic N) is 1. The summed E-state index contributed by atoms with van der Waals surface area (Å²) < 4.78 is 0.951. The van der Waals surface area contributed by atoms with Crippen LogP contribution in [-0.2, 0) is 11.3 Å². The lowest BCUT2D eigenvalue weighted by Gasteiger charge is -2.12. The summed E-state index contributed by atoms with van der Waals surface area (Å²) in [6.45, 7) is 0.166. The number of carbonyl (C=O) groups excluding carboxylic acids is 2. The Balaban J connectivity index is 1.81. The molecule has 2 aromatic carbocycles. The standard InChI is InChI=1S/C17H10BrCl2NO2S/c18-12-4-1-10(2-5-12)8-15-16(22)21(17(23)24-15)9-11-3-6-13(19)14(20)7-11/h1-8H,9H2/b15-8-. The van der Waals surface area contributed by atoms with Gasteiger partial charge in [0.1, 0.15) is 0 Å². The molecule has 122 valence electrons. The van der Waals surface area contributed by atoms with E-state index >= 15 is 0 Å². The van der Waals surface area contributed by atoms with Gasteiger partial charge in [0.2, 0.25) is 0 Å². The fraction of sp³-hybridized carbons (Fsp3) is 0.0588. The van der Waals surface area contributed by atoms with Crippen LogP contribution in [0.5, 0.6) is 0 Å². The number of thioether (sulfide) groups is 1. The van der Waals surface area contributed by atoms with Crippen molar-refractivity contribution in [3.05, 3.63) is 73.0 Å². The molecule has 2 aromatic rings. The van der Waals surface area contributed by atoms with E-state index in [1.165, 1.54) is 4.90 Å². The molecule has 0 spiro atoms. The summed E-state index contributed by atoms with van der Waals surface area (Å²) in [7, 11) is 0. The zero-order valence-electron chi connectivity index (χ0n) is 12.1. The Morgan fingerprint density at radius 3 is 2.42 bits per heavy atom. The molecule has 1 aliphatic rings. The first-order valence-corrected chi connectivity index (χ1v) is 9.25. The lowest BCUT2D eigenvalue weighted by molar-refractivity contribution is -0.123. The monoisotopic (exact) mass is 441 g/mol. The van der Waals surface area contributed by atoms with Crippen LogP contribution in [0.3, 0.4) is 0 Å². The second-order valence-corrected chi connectivity index (χ2v) is 7.79. The van der Waals surface area contributed by atoms with E-state index in [0.717, 1.165) is 27.4 Å². The Kier molecular flexibility index (Phi) is 5.35. The second-order valence-electron chi connectivity index (χ2n) is 5.07. The van der Waals surface area contributed by atoms with Crippen LogP contribution in [0.4, 0.5) is 4.79 Å². The van der Waals surface area contributed by atoms with Crippen LogP contribution in [0.15, 0.2) is 51.8 Å². The topological polar surface area (TPSA) is 37.4 Å². The van der Waals surface area contributed by atoms with Gasteiger partial charge in [0.25, 0.3) is 11.1 Å². The minimum atomic E-state index is -0.306. The third-order valence-electron chi connectivity index (χ3n) is 3.37. The molecule has 0 unspecified atom stereocenters. The summed E-state index contributed by atoms with van der Waals surface area (Å²) in [5.41, 5.74) is 1.61. The average molecular weight is 443 g/mol. The normalized spacial score (nSPS) is 16.3. The largest absolute Gasteiger partial charge is 0.293 e. The molecule has 3 rings (SSSR count). The summed E-state index contributed by atoms with van der Waals surface area (Å²) in [4.78, 5) is 26.3. The number of hydrogen-bond acceptors (Lipinski definition) is 3. The summed E-state index contributed by atoms with van der Waals surface area (Å²) in [5, 5.41) is 0.533. The van der Waals surface area contributed by atoms with Gasteiger partial charge in [-0.25, -0.2) is 0 Å². The Morgan fingerprint density at radius 2 is 1.75 bits per heavy atom. The van der Waals surface area contributed by atoms with E-state index in [2.05, 4.69) is 15.9 Å². The van der Waals surface area contributed by atoms with Gasteiger partial charge >= 0.3 is 0 Å². The third-order valence-corrected chi connectivity index (χ3v) is 5.54. The third kappa shape index (κ3) is 3.86. The number of hydrogen-bond donors (Lipinski definition) is 0. The minimum Gasteiger partial charge on any atom is -0.268 e. The fourth-order valence-corrected chi connectivity index (χ4v) is 3.59. The van der Waals surface area contributed by atoms with E-state index in [1.54, 1.807) is 24.3 Å². The molecular weight excluding hydrogens is 433 g/mol. The summed E-state index contributed by atoms with van der Waals surface area (Å²) >= 11 is 16.2. The van der Waals surface area contributed by atoms with Crippen molar-refractivity contribution in [1.29, 1.82) is 0 Å². The predicted octanol–water partition coefficient (Wildman–Crippen LogP) is 5.99. The zero-order chi connectivity index (χ0) is 17.3. The Morgan fingerprint density at radius 1 is 1.04 bits per heavy atom. The van der Waals surface area contributed by atoms with Gasteiger partial charge in [-0.15, -0.1) is 0 Å². The second kappa shape index (κ2) is 7.31. The van der Waals surface area contributed by atoms with Gasteiger partial charge < -0.3 is 0 Å². The Hall–Kier alpha value is -1.27. The first kappa shape index (κ1) is 17.5. The zero-order valence-corrected chi connectivity index (χ0v) is 16.0. The number of imide groups is 1. The molecule has 7 heteroatoms. The van der Waals surface area contributed by atoms with Crippen LogP contribution >= 0.6 is 50.9 Å². The highest BCUT2D eigenvalue weighted by Crippen LogP contribution is 2.34. The molecule has 0 atom stereocenters. The Labute approximate surface area is 161 Å². The van der Waals surface area contributed by atoms with Crippen molar-refractivity contribution in [3.8, 4) is 0 Å². The van der Waals surface area contributed by atoms with Gasteiger partial charge in [-0.3, -0.25) is 14.5 Å². The van der Waals surface area contributed by atoms with Crippen molar-refractivity contribution >= 4 is 68.1 Å². The fourth-order valence-electron chi connectivity index (χ4n) is 2.17. The van der Waals surface area contributed by atoms with Crippen LogP contribution in [0, 0.1) is 0 Å². The van der Waals surface area contributed by atoms with Gasteiger partial charge in [0.05, 0.1) is 21.5 Å². The summed E-state index contributed by atoms with van der Waals surface area (Å²) in [5.74, 6) is -0.306. The molecule has 1 heterocycles. The van der Waals surface area contributed by atoms with Gasteiger partial charge in [-0.2, -0.15) is 0 Å². The average Bonchev–Trinajstić information content (AvgIpc) is 2.81. The number of halogens is 3. The van der Waals surface area contributed by atoms with Crippen LogP contribution in [0.25, 0.3) is 6.08 Å². The van der Waals surface area contributed by atoms with Crippen molar-refractivity contribution in [3.63, 3.8) is 0 Å². The molecule has 0 N–H and O–H groups in total. The highest BCUT2D eigenvalue weighted by molar-refractivity contribution is 9.10. The molecule has 24 heavy (non-hydrogen) atoms. The van der Waals surface area contributed by atoms with E-state index in [-0.39, 0.29) is 17.7 Å². The molecule has 1 saturated heterocycles. The summed E-state index contributed by atoms with van der Waals surface area (Å²) in [6, 6.07) is 12.6. The molecule has 0 aliphatic carbocycles. The van der Waals surface area contributed by atoms with E-state index in [9.17, 15) is 9.59 Å². The van der Waals surface area contributed by atoms with Gasteiger partial charge in [-0.05, 0) is 53.2 Å². The highest BCUT2D eigenvalue weighted by Gasteiger charge is 2.35. The predicted molar refractivity (Wildman–Crippen MR) is 102 cm³/mol. The number of carbonyl (C=O) groups is 2. The molecule has 1 fully saturated rings. The molecule has 3 nitrogen and oxygen atoms in total. The quantitative estimate of drug-likeness (QED) is 0.547.